The SMILES string of the molecule is CC1OC(c2cnn3c(N)c(CN)c(-c4ccc(Cl)cc4Cl)nc23)O1. The van der Waals surface area contributed by atoms with E-state index in [9.17, 15) is 0 Å². The molecule has 4 N–H and O–H groups in total. The van der Waals surface area contributed by atoms with Gasteiger partial charge in [-0.3, -0.25) is 0 Å². The van der Waals surface area contributed by atoms with Crippen LogP contribution in [0.2, 0.25) is 10.0 Å². The molecule has 4 rings (SSSR count). The van der Waals surface area contributed by atoms with Crippen LogP contribution in [0, 0.1) is 0 Å². The van der Waals surface area contributed by atoms with Gasteiger partial charge in [-0.1, -0.05) is 23.2 Å². The zero-order chi connectivity index (χ0) is 17.7. The zero-order valence-electron chi connectivity index (χ0n) is 13.2. The van der Waals surface area contributed by atoms with Crippen LogP contribution >= 0.6 is 23.2 Å². The molecular weight excluding hydrogens is 365 g/mol. The van der Waals surface area contributed by atoms with E-state index in [0.29, 0.717) is 43.9 Å². The van der Waals surface area contributed by atoms with Gasteiger partial charge in [-0.15, -0.1) is 0 Å². The lowest BCUT2D eigenvalue weighted by Gasteiger charge is -2.32. The third kappa shape index (κ3) is 2.65. The lowest BCUT2D eigenvalue weighted by Crippen LogP contribution is -2.31. The standard InChI is InChI=1S/C16H15Cl2N5O2/c1-7-24-16(25-7)11-6-21-23-14(20)10(5-19)13(22-15(11)23)9-3-2-8(17)4-12(9)18/h2-4,6-7,16H,5,19-20H2,1H3. The molecule has 9 heteroatoms. The van der Waals surface area contributed by atoms with Crippen LogP contribution in [0.3, 0.4) is 0 Å². The van der Waals surface area contributed by atoms with Gasteiger partial charge in [0.15, 0.2) is 18.2 Å². The number of rotatable bonds is 3. The van der Waals surface area contributed by atoms with E-state index < -0.39 is 6.29 Å². The Hall–Kier alpha value is -1.90. The van der Waals surface area contributed by atoms with E-state index in [4.69, 9.17) is 49.1 Å². The molecule has 0 atom stereocenters. The summed E-state index contributed by atoms with van der Waals surface area (Å²) in [6, 6.07) is 5.18. The van der Waals surface area contributed by atoms with Gasteiger partial charge in [-0.25, -0.2) is 4.98 Å². The first-order valence-electron chi connectivity index (χ1n) is 7.62. The van der Waals surface area contributed by atoms with E-state index >= 15 is 0 Å². The molecule has 0 unspecified atom stereocenters. The number of nitrogens with two attached hydrogens (primary N) is 2. The normalized spacial score (nSPS) is 20.0. The van der Waals surface area contributed by atoms with E-state index in [1.54, 1.807) is 24.4 Å². The molecule has 0 saturated carbocycles. The van der Waals surface area contributed by atoms with Crippen LogP contribution in [0.15, 0.2) is 24.4 Å². The van der Waals surface area contributed by atoms with Crippen LogP contribution in [0.4, 0.5) is 5.82 Å². The predicted octanol–water partition coefficient (Wildman–Crippen LogP) is 3.14. The molecule has 3 aromatic rings. The largest absolute Gasteiger partial charge is 0.383 e. The summed E-state index contributed by atoms with van der Waals surface area (Å²) in [4.78, 5) is 4.71. The molecule has 0 bridgehead atoms. The minimum absolute atomic E-state index is 0.186. The number of fused-ring (bicyclic) bond motifs is 1. The summed E-state index contributed by atoms with van der Waals surface area (Å²) >= 11 is 12.3. The molecule has 0 radical (unpaired) electrons. The lowest BCUT2D eigenvalue weighted by molar-refractivity contribution is -0.382. The summed E-state index contributed by atoms with van der Waals surface area (Å²) < 4.78 is 12.6. The summed E-state index contributed by atoms with van der Waals surface area (Å²) in [5.41, 5.74) is 15.3. The molecule has 25 heavy (non-hydrogen) atoms. The van der Waals surface area contributed by atoms with Crippen molar-refractivity contribution >= 4 is 34.7 Å². The van der Waals surface area contributed by atoms with E-state index in [1.807, 2.05) is 6.92 Å². The molecule has 0 spiro atoms. The summed E-state index contributed by atoms with van der Waals surface area (Å²) in [7, 11) is 0. The average Bonchev–Trinajstić information content (AvgIpc) is 2.95. The second-order valence-electron chi connectivity index (χ2n) is 5.66. The van der Waals surface area contributed by atoms with Crippen molar-refractivity contribution in [3.63, 3.8) is 0 Å². The van der Waals surface area contributed by atoms with Crippen molar-refractivity contribution in [3.05, 3.63) is 45.6 Å². The fourth-order valence-electron chi connectivity index (χ4n) is 2.84. The van der Waals surface area contributed by atoms with E-state index in [-0.39, 0.29) is 12.8 Å². The molecule has 1 fully saturated rings. The first kappa shape index (κ1) is 16.6. The number of anilines is 1. The Morgan fingerprint density at radius 2 is 2.04 bits per heavy atom. The maximum absolute atomic E-state index is 6.35. The van der Waals surface area contributed by atoms with Crippen LogP contribution in [0.5, 0.6) is 0 Å². The van der Waals surface area contributed by atoms with Gasteiger partial charge in [0.25, 0.3) is 0 Å². The van der Waals surface area contributed by atoms with Crippen molar-refractivity contribution in [2.45, 2.75) is 26.0 Å². The Morgan fingerprint density at radius 1 is 1.28 bits per heavy atom. The molecule has 1 aliphatic rings. The van der Waals surface area contributed by atoms with Crippen molar-refractivity contribution in [3.8, 4) is 11.3 Å². The van der Waals surface area contributed by atoms with Gasteiger partial charge in [0.1, 0.15) is 5.82 Å². The third-order valence-corrected chi connectivity index (χ3v) is 4.63. The Bertz CT molecular complexity index is 969. The van der Waals surface area contributed by atoms with Gasteiger partial charge in [-0.2, -0.15) is 9.61 Å². The fourth-order valence-corrected chi connectivity index (χ4v) is 3.34. The maximum Gasteiger partial charge on any atom is 0.195 e. The molecule has 1 saturated heterocycles. The first-order chi connectivity index (χ1) is 12.0. The number of aromatic nitrogens is 3. The number of halogens is 2. The quantitative estimate of drug-likeness (QED) is 0.724. The Labute approximate surface area is 153 Å². The van der Waals surface area contributed by atoms with Crippen molar-refractivity contribution < 1.29 is 9.47 Å². The minimum atomic E-state index is -0.517. The summed E-state index contributed by atoms with van der Waals surface area (Å²) in [6.07, 6.45) is 0.852. The van der Waals surface area contributed by atoms with E-state index in [0.717, 1.165) is 0 Å². The number of hydrogen-bond donors (Lipinski definition) is 2. The van der Waals surface area contributed by atoms with Gasteiger partial charge >= 0.3 is 0 Å². The van der Waals surface area contributed by atoms with Crippen molar-refractivity contribution in [2.75, 3.05) is 5.73 Å². The summed E-state index contributed by atoms with van der Waals surface area (Å²) in [5.74, 6) is 0.395. The highest BCUT2D eigenvalue weighted by molar-refractivity contribution is 6.36. The van der Waals surface area contributed by atoms with Gasteiger partial charge in [0.2, 0.25) is 0 Å². The molecule has 130 valence electrons. The second kappa shape index (κ2) is 6.12. The molecule has 0 aliphatic carbocycles. The average molecular weight is 380 g/mol. The van der Waals surface area contributed by atoms with Crippen LogP contribution in [0.25, 0.3) is 16.9 Å². The highest BCUT2D eigenvalue weighted by Crippen LogP contribution is 2.37. The second-order valence-corrected chi connectivity index (χ2v) is 6.50. The van der Waals surface area contributed by atoms with Crippen LogP contribution in [-0.2, 0) is 16.0 Å². The smallest absolute Gasteiger partial charge is 0.195 e. The van der Waals surface area contributed by atoms with Crippen LogP contribution in [-0.4, -0.2) is 20.9 Å². The monoisotopic (exact) mass is 379 g/mol. The number of nitrogen functional groups attached to an aromatic ring is 1. The summed E-state index contributed by atoms with van der Waals surface area (Å²) in [6.45, 7) is 2.00. The number of hydrogen-bond acceptors (Lipinski definition) is 6. The fraction of sp³-hybridized carbons (Fsp3) is 0.250. The van der Waals surface area contributed by atoms with Crippen molar-refractivity contribution in [1.82, 2.24) is 14.6 Å². The molecule has 2 aromatic heterocycles. The first-order valence-corrected chi connectivity index (χ1v) is 8.37. The Balaban J connectivity index is 1.95. The van der Waals surface area contributed by atoms with Gasteiger partial charge in [0, 0.05) is 22.7 Å². The Kier molecular flexibility index (Phi) is 4.05. The summed E-state index contributed by atoms with van der Waals surface area (Å²) in [5, 5.41) is 5.28. The Morgan fingerprint density at radius 3 is 2.68 bits per heavy atom. The highest BCUT2D eigenvalue weighted by atomic mass is 35.5. The predicted molar refractivity (Wildman–Crippen MR) is 95.1 cm³/mol. The molecule has 1 aromatic carbocycles. The van der Waals surface area contributed by atoms with Crippen molar-refractivity contribution in [1.29, 1.82) is 0 Å². The van der Waals surface area contributed by atoms with Gasteiger partial charge < -0.3 is 20.9 Å². The molecule has 1 aliphatic heterocycles. The van der Waals surface area contributed by atoms with E-state index in [2.05, 4.69) is 5.10 Å². The van der Waals surface area contributed by atoms with Gasteiger partial charge in [-0.05, 0) is 25.1 Å². The molecule has 7 nitrogen and oxygen atoms in total. The number of nitrogens with zero attached hydrogens (tertiary/aromatic N) is 3. The minimum Gasteiger partial charge on any atom is -0.383 e. The van der Waals surface area contributed by atoms with Gasteiger partial charge in [0.05, 0.1) is 22.5 Å². The topological polar surface area (TPSA) is 101 Å². The number of ether oxygens (including phenoxy) is 2. The number of benzene rings is 1. The van der Waals surface area contributed by atoms with Crippen LogP contribution < -0.4 is 11.5 Å². The van der Waals surface area contributed by atoms with Crippen molar-refractivity contribution in [2.24, 2.45) is 5.73 Å². The lowest BCUT2D eigenvalue weighted by atomic mass is 10.1. The molecular formula is C16H15Cl2N5O2. The van der Waals surface area contributed by atoms with E-state index in [1.165, 1.54) is 4.52 Å². The van der Waals surface area contributed by atoms with Crippen LogP contribution in [0.1, 0.15) is 24.3 Å². The third-order valence-electron chi connectivity index (χ3n) is 4.09. The molecule has 3 heterocycles. The maximum atomic E-state index is 6.35. The highest BCUT2D eigenvalue weighted by Gasteiger charge is 2.32. The zero-order valence-corrected chi connectivity index (χ0v) is 14.8. The molecule has 0 amide bonds.